The first-order valence-electron chi connectivity index (χ1n) is 8.34. The molecule has 1 heterocycles. The summed E-state index contributed by atoms with van der Waals surface area (Å²) in [5, 5.41) is 0. The van der Waals surface area contributed by atoms with Crippen molar-refractivity contribution in [2.45, 2.75) is 39.7 Å². The molecular weight excluding hydrogens is 282 g/mol. The molecule has 1 aromatic heterocycles. The average molecular weight is 307 g/mol. The van der Waals surface area contributed by atoms with E-state index in [2.05, 4.69) is 61.7 Å². The Balaban J connectivity index is 2.00. The molecule has 0 bridgehead atoms. The summed E-state index contributed by atoms with van der Waals surface area (Å²) in [4.78, 5) is 4.88. The second-order valence-electron chi connectivity index (χ2n) is 6.34. The zero-order chi connectivity index (χ0) is 16.4. The quantitative estimate of drug-likeness (QED) is 0.775. The first-order chi connectivity index (χ1) is 11.1. The Kier molecular flexibility index (Phi) is 4.49. The van der Waals surface area contributed by atoms with E-state index in [1.165, 1.54) is 22.2 Å². The smallest absolute Gasteiger partial charge is 0.114 e. The molecule has 0 aliphatic heterocycles. The third-order valence-electron chi connectivity index (χ3n) is 4.41. The van der Waals surface area contributed by atoms with Gasteiger partial charge >= 0.3 is 0 Å². The maximum absolute atomic E-state index is 6.12. The van der Waals surface area contributed by atoms with Gasteiger partial charge in [0.2, 0.25) is 0 Å². The number of nitrogens with zero attached hydrogens (tertiary/aromatic N) is 2. The van der Waals surface area contributed by atoms with Crippen LogP contribution in [0.5, 0.6) is 0 Å². The van der Waals surface area contributed by atoms with Gasteiger partial charge in [-0.25, -0.2) is 4.98 Å². The molecular formula is C20H25N3. The molecule has 1 unspecified atom stereocenters. The second kappa shape index (κ2) is 6.55. The van der Waals surface area contributed by atoms with E-state index in [0.29, 0.717) is 6.54 Å². The number of hydrogen-bond acceptors (Lipinski definition) is 2. The molecule has 0 spiro atoms. The Morgan fingerprint density at radius 2 is 1.78 bits per heavy atom. The molecule has 0 aliphatic carbocycles. The fourth-order valence-electron chi connectivity index (χ4n) is 3.49. The van der Waals surface area contributed by atoms with Crippen LogP contribution in [0.2, 0.25) is 0 Å². The van der Waals surface area contributed by atoms with E-state index in [1.807, 2.05) is 6.07 Å². The Labute approximate surface area is 138 Å². The maximum Gasteiger partial charge on any atom is 0.114 e. The van der Waals surface area contributed by atoms with Gasteiger partial charge in [0.15, 0.2) is 0 Å². The summed E-state index contributed by atoms with van der Waals surface area (Å²) in [7, 11) is 0. The number of hydrogen-bond donors (Lipinski definition) is 1. The summed E-state index contributed by atoms with van der Waals surface area (Å²) in [6.45, 7) is 7.99. The summed E-state index contributed by atoms with van der Waals surface area (Å²) in [6.07, 6.45) is 0.933. The van der Waals surface area contributed by atoms with Gasteiger partial charge in [-0.2, -0.15) is 0 Å². The van der Waals surface area contributed by atoms with E-state index in [4.69, 9.17) is 10.7 Å². The van der Waals surface area contributed by atoms with Gasteiger partial charge in [-0.05, 0) is 44.9 Å². The highest BCUT2D eigenvalue weighted by atomic mass is 15.1. The van der Waals surface area contributed by atoms with Crippen molar-refractivity contribution in [2.75, 3.05) is 6.54 Å². The fourth-order valence-corrected chi connectivity index (χ4v) is 3.49. The number of benzene rings is 2. The largest absolute Gasteiger partial charge is 0.330 e. The van der Waals surface area contributed by atoms with E-state index >= 15 is 0 Å². The lowest BCUT2D eigenvalue weighted by atomic mass is 9.96. The zero-order valence-electron chi connectivity index (χ0n) is 14.2. The highest BCUT2D eigenvalue weighted by Crippen LogP contribution is 2.25. The zero-order valence-corrected chi connectivity index (χ0v) is 14.2. The van der Waals surface area contributed by atoms with Crippen molar-refractivity contribution < 1.29 is 0 Å². The second-order valence-corrected chi connectivity index (χ2v) is 6.34. The van der Waals surface area contributed by atoms with Crippen LogP contribution >= 0.6 is 0 Å². The Bertz CT molecular complexity index is 797. The standard InChI is InChI=1S/C20H25N3/c1-4-23-19-8-6-5-7-18(19)22-20(23)17(13-21)12-16-10-14(2)9-15(3)11-16/h5-11,17H,4,12-13,21H2,1-3H3. The molecule has 120 valence electrons. The first kappa shape index (κ1) is 15.8. The third-order valence-corrected chi connectivity index (χ3v) is 4.41. The predicted molar refractivity (Wildman–Crippen MR) is 96.8 cm³/mol. The number of para-hydroxylation sites is 2. The lowest BCUT2D eigenvalue weighted by molar-refractivity contribution is 0.597. The van der Waals surface area contributed by atoms with Crippen LogP contribution in [0, 0.1) is 13.8 Å². The Morgan fingerprint density at radius 3 is 2.43 bits per heavy atom. The summed E-state index contributed by atoms with van der Waals surface area (Å²) < 4.78 is 2.30. The molecule has 0 amide bonds. The highest BCUT2D eigenvalue weighted by Gasteiger charge is 2.19. The van der Waals surface area contributed by atoms with Crippen molar-refractivity contribution in [3.63, 3.8) is 0 Å². The van der Waals surface area contributed by atoms with Crippen LogP contribution < -0.4 is 5.73 Å². The molecule has 3 aromatic rings. The summed E-state index contributed by atoms with van der Waals surface area (Å²) in [5.74, 6) is 1.35. The van der Waals surface area contributed by atoms with Gasteiger partial charge in [0.05, 0.1) is 11.0 Å². The van der Waals surface area contributed by atoms with Crippen LogP contribution in [0.25, 0.3) is 11.0 Å². The van der Waals surface area contributed by atoms with Crippen LogP contribution in [0.15, 0.2) is 42.5 Å². The Morgan fingerprint density at radius 1 is 1.09 bits per heavy atom. The van der Waals surface area contributed by atoms with E-state index < -0.39 is 0 Å². The molecule has 3 nitrogen and oxygen atoms in total. The van der Waals surface area contributed by atoms with Crippen LogP contribution in [0.3, 0.4) is 0 Å². The number of aryl methyl sites for hydroxylation is 3. The van der Waals surface area contributed by atoms with Crippen LogP contribution in [0.4, 0.5) is 0 Å². The van der Waals surface area contributed by atoms with Crippen molar-refractivity contribution >= 4 is 11.0 Å². The molecule has 2 aromatic carbocycles. The normalized spacial score (nSPS) is 12.7. The fraction of sp³-hybridized carbons (Fsp3) is 0.350. The highest BCUT2D eigenvalue weighted by molar-refractivity contribution is 5.76. The summed E-state index contributed by atoms with van der Waals surface area (Å²) in [6, 6.07) is 15.1. The Hall–Kier alpha value is -2.13. The van der Waals surface area contributed by atoms with E-state index in [1.54, 1.807) is 0 Å². The topological polar surface area (TPSA) is 43.8 Å². The SMILES string of the molecule is CCn1c(C(CN)Cc2cc(C)cc(C)c2)nc2ccccc21. The van der Waals surface area contributed by atoms with Crippen molar-refractivity contribution in [2.24, 2.45) is 5.73 Å². The van der Waals surface area contributed by atoms with E-state index in [9.17, 15) is 0 Å². The van der Waals surface area contributed by atoms with Crippen LogP contribution in [-0.2, 0) is 13.0 Å². The van der Waals surface area contributed by atoms with Crippen LogP contribution in [0.1, 0.15) is 35.4 Å². The van der Waals surface area contributed by atoms with Gasteiger partial charge in [-0.15, -0.1) is 0 Å². The predicted octanol–water partition coefficient (Wildman–Crippen LogP) is 3.96. The lowest BCUT2D eigenvalue weighted by Gasteiger charge is -2.17. The molecule has 0 radical (unpaired) electrons. The summed E-state index contributed by atoms with van der Waals surface area (Å²) >= 11 is 0. The molecule has 0 saturated carbocycles. The van der Waals surface area contributed by atoms with Crippen molar-refractivity contribution in [3.05, 3.63) is 65.0 Å². The molecule has 3 rings (SSSR count). The third kappa shape index (κ3) is 3.15. The number of imidazole rings is 1. The minimum atomic E-state index is 0.239. The maximum atomic E-state index is 6.12. The van der Waals surface area contributed by atoms with Gasteiger partial charge < -0.3 is 10.3 Å². The monoisotopic (exact) mass is 307 g/mol. The van der Waals surface area contributed by atoms with Crippen molar-refractivity contribution in [1.29, 1.82) is 0 Å². The van der Waals surface area contributed by atoms with Crippen LogP contribution in [-0.4, -0.2) is 16.1 Å². The van der Waals surface area contributed by atoms with Gasteiger partial charge in [-0.1, -0.05) is 41.5 Å². The number of aromatic nitrogens is 2. The minimum absolute atomic E-state index is 0.239. The van der Waals surface area contributed by atoms with Gasteiger partial charge in [0.1, 0.15) is 5.82 Å². The van der Waals surface area contributed by atoms with Crippen molar-refractivity contribution in [1.82, 2.24) is 9.55 Å². The lowest BCUT2D eigenvalue weighted by Crippen LogP contribution is -2.19. The number of rotatable bonds is 5. The van der Waals surface area contributed by atoms with E-state index in [0.717, 1.165) is 24.3 Å². The molecule has 23 heavy (non-hydrogen) atoms. The minimum Gasteiger partial charge on any atom is -0.330 e. The summed E-state index contributed by atoms with van der Waals surface area (Å²) in [5.41, 5.74) is 12.3. The molecule has 0 saturated heterocycles. The molecule has 2 N–H and O–H groups in total. The number of fused-ring (bicyclic) bond motifs is 1. The molecule has 0 aliphatic rings. The van der Waals surface area contributed by atoms with Crippen molar-refractivity contribution in [3.8, 4) is 0 Å². The molecule has 1 atom stereocenters. The number of nitrogens with two attached hydrogens (primary N) is 1. The van der Waals surface area contributed by atoms with Gasteiger partial charge in [0, 0.05) is 19.0 Å². The van der Waals surface area contributed by atoms with E-state index in [-0.39, 0.29) is 5.92 Å². The molecule has 3 heteroatoms. The van der Waals surface area contributed by atoms with Gasteiger partial charge in [0.25, 0.3) is 0 Å². The molecule has 0 fully saturated rings. The average Bonchev–Trinajstić information content (AvgIpc) is 2.90. The van der Waals surface area contributed by atoms with Gasteiger partial charge in [-0.3, -0.25) is 0 Å². The first-order valence-corrected chi connectivity index (χ1v) is 8.34.